The second-order valence-electron chi connectivity index (χ2n) is 7.23. The SMILES string of the molecule is COc1ccc(C(=O)[C@@H](C)[n+]2cc(-c3ccc(C)cc3)n3c2CCC3)cc1. The van der Waals surface area contributed by atoms with Crippen molar-refractivity contribution in [1.29, 1.82) is 0 Å². The number of benzene rings is 2. The third kappa shape index (κ3) is 3.16. The summed E-state index contributed by atoms with van der Waals surface area (Å²) in [5, 5.41) is 0. The second-order valence-corrected chi connectivity index (χ2v) is 7.23. The van der Waals surface area contributed by atoms with Gasteiger partial charge in [0.05, 0.1) is 20.1 Å². The third-order valence-corrected chi connectivity index (χ3v) is 5.46. The predicted octanol–water partition coefficient (Wildman–Crippen LogP) is 4.15. The molecule has 1 aliphatic heterocycles. The fourth-order valence-corrected chi connectivity index (χ4v) is 3.88. The van der Waals surface area contributed by atoms with Crippen molar-refractivity contribution in [3.8, 4) is 17.0 Å². The lowest BCUT2D eigenvalue weighted by atomic mass is 10.0. The fourth-order valence-electron chi connectivity index (χ4n) is 3.88. The molecule has 0 bridgehead atoms. The summed E-state index contributed by atoms with van der Waals surface area (Å²) in [6.07, 6.45) is 4.27. The van der Waals surface area contributed by atoms with Crippen molar-refractivity contribution < 1.29 is 14.1 Å². The van der Waals surface area contributed by atoms with E-state index < -0.39 is 0 Å². The average molecular weight is 361 g/mol. The Kier molecular flexibility index (Phi) is 4.56. The molecular formula is C23H25N2O2+. The van der Waals surface area contributed by atoms with Gasteiger partial charge < -0.3 is 4.74 Å². The van der Waals surface area contributed by atoms with Crippen LogP contribution in [0.25, 0.3) is 11.3 Å². The molecule has 0 spiro atoms. The van der Waals surface area contributed by atoms with Gasteiger partial charge in [0, 0.05) is 11.1 Å². The molecule has 138 valence electrons. The number of hydrogen-bond donors (Lipinski definition) is 0. The molecule has 0 N–H and O–H groups in total. The number of aromatic nitrogens is 2. The zero-order valence-corrected chi connectivity index (χ0v) is 16.1. The van der Waals surface area contributed by atoms with Gasteiger partial charge in [-0.15, -0.1) is 0 Å². The molecule has 0 saturated heterocycles. The van der Waals surface area contributed by atoms with Gasteiger partial charge in [-0.2, -0.15) is 0 Å². The third-order valence-electron chi connectivity index (χ3n) is 5.46. The summed E-state index contributed by atoms with van der Waals surface area (Å²) in [5.74, 6) is 2.12. The Hall–Kier alpha value is -2.88. The van der Waals surface area contributed by atoms with Gasteiger partial charge in [-0.25, -0.2) is 9.13 Å². The van der Waals surface area contributed by atoms with Crippen LogP contribution in [0.1, 0.15) is 41.1 Å². The van der Waals surface area contributed by atoms with Crippen molar-refractivity contribution in [2.24, 2.45) is 0 Å². The molecule has 0 fully saturated rings. The Labute approximate surface area is 160 Å². The molecule has 2 heterocycles. The molecule has 1 aliphatic rings. The maximum atomic E-state index is 13.1. The highest BCUT2D eigenvalue weighted by Crippen LogP contribution is 2.26. The number of aryl methyl sites for hydroxylation is 1. The van der Waals surface area contributed by atoms with Gasteiger partial charge >= 0.3 is 0 Å². The highest BCUT2D eigenvalue weighted by atomic mass is 16.5. The van der Waals surface area contributed by atoms with Gasteiger partial charge in [0.15, 0.2) is 11.7 Å². The Morgan fingerprint density at radius 1 is 1.11 bits per heavy atom. The number of hydrogen-bond acceptors (Lipinski definition) is 2. The molecule has 27 heavy (non-hydrogen) atoms. The van der Waals surface area contributed by atoms with Crippen LogP contribution in [0.4, 0.5) is 0 Å². The number of rotatable bonds is 5. The molecule has 1 atom stereocenters. The van der Waals surface area contributed by atoms with E-state index in [0.29, 0.717) is 5.56 Å². The smallest absolute Gasteiger partial charge is 0.257 e. The van der Waals surface area contributed by atoms with E-state index in [9.17, 15) is 4.79 Å². The maximum absolute atomic E-state index is 13.1. The topological polar surface area (TPSA) is 35.1 Å². The van der Waals surface area contributed by atoms with Crippen molar-refractivity contribution in [1.82, 2.24) is 4.57 Å². The normalized spacial score (nSPS) is 14.0. The molecule has 0 amide bonds. The monoisotopic (exact) mass is 361 g/mol. The zero-order chi connectivity index (χ0) is 19.0. The van der Waals surface area contributed by atoms with Crippen molar-refractivity contribution in [3.63, 3.8) is 0 Å². The molecule has 1 aromatic heterocycles. The van der Waals surface area contributed by atoms with E-state index in [4.69, 9.17) is 4.74 Å². The lowest BCUT2D eigenvalue weighted by molar-refractivity contribution is -0.710. The van der Waals surface area contributed by atoms with Gasteiger partial charge in [-0.3, -0.25) is 4.79 Å². The van der Waals surface area contributed by atoms with Gasteiger partial charge in [-0.05, 0) is 44.5 Å². The van der Waals surface area contributed by atoms with Crippen LogP contribution in [0.5, 0.6) is 5.75 Å². The van der Waals surface area contributed by atoms with E-state index in [1.807, 2.05) is 31.2 Å². The first-order valence-corrected chi connectivity index (χ1v) is 9.47. The van der Waals surface area contributed by atoms with Crippen molar-refractivity contribution in [2.75, 3.05) is 7.11 Å². The van der Waals surface area contributed by atoms with Crippen LogP contribution in [-0.4, -0.2) is 17.5 Å². The minimum Gasteiger partial charge on any atom is -0.497 e. The fraction of sp³-hybridized carbons (Fsp3) is 0.304. The van der Waals surface area contributed by atoms with E-state index in [2.05, 4.69) is 46.5 Å². The van der Waals surface area contributed by atoms with E-state index in [-0.39, 0.29) is 11.8 Å². The van der Waals surface area contributed by atoms with E-state index in [1.54, 1.807) is 7.11 Å². The molecule has 2 aromatic carbocycles. The number of ether oxygens (including phenoxy) is 1. The highest BCUT2D eigenvalue weighted by Gasteiger charge is 2.33. The average Bonchev–Trinajstić information content (AvgIpc) is 3.30. The summed E-state index contributed by atoms with van der Waals surface area (Å²) in [6.45, 7) is 5.10. The quantitative estimate of drug-likeness (QED) is 0.505. The number of ketones is 1. The van der Waals surface area contributed by atoms with Crippen LogP contribution in [0, 0.1) is 6.92 Å². The van der Waals surface area contributed by atoms with Crippen molar-refractivity contribution in [2.45, 2.75) is 39.3 Å². The standard InChI is InChI=1S/C23H25N2O2/c1-16-6-8-18(9-7-16)21-15-25(22-5-4-14-24(21)22)17(2)23(26)19-10-12-20(27-3)13-11-19/h6-13,15,17H,4-5,14H2,1-3H3/q+1/t17-/m1/s1. The molecule has 0 aliphatic carbocycles. The Morgan fingerprint density at radius 2 is 1.81 bits per heavy atom. The number of carbonyl (C=O) groups is 1. The van der Waals surface area contributed by atoms with Crippen molar-refractivity contribution in [3.05, 3.63) is 71.7 Å². The molecule has 4 heteroatoms. The summed E-state index contributed by atoms with van der Waals surface area (Å²) in [4.78, 5) is 13.1. The predicted molar refractivity (Wildman–Crippen MR) is 105 cm³/mol. The van der Waals surface area contributed by atoms with Crippen LogP contribution < -0.4 is 9.30 Å². The minimum atomic E-state index is -0.239. The van der Waals surface area contributed by atoms with Gasteiger partial charge in [0.2, 0.25) is 5.78 Å². The number of nitrogens with zero attached hydrogens (tertiary/aromatic N) is 2. The van der Waals surface area contributed by atoms with Gasteiger partial charge in [0.1, 0.15) is 11.9 Å². The van der Waals surface area contributed by atoms with Crippen LogP contribution in [-0.2, 0) is 13.0 Å². The summed E-state index contributed by atoms with van der Waals surface area (Å²) < 4.78 is 9.72. The Balaban J connectivity index is 1.69. The molecule has 0 saturated carbocycles. The molecule has 0 radical (unpaired) electrons. The Morgan fingerprint density at radius 3 is 2.48 bits per heavy atom. The maximum Gasteiger partial charge on any atom is 0.257 e. The summed E-state index contributed by atoms with van der Waals surface area (Å²) in [5.41, 5.74) is 4.36. The molecule has 3 aromatic rings. The first-order valence-electron chi connectivity index (χ1n) is 9.47. The van der Waals surface area contributed by atoms with Crippen LogP contribution >= 0.6 is 0 Å². The Bertz CT molecular complexity index is 969. The minimum absolute atomic E-state index is 0.124. The first kappa shape index (κ1) is 17.5. The van der Waals surface area contributed by atoms with Crippen molar-refractivity contribution >= 4 is 5.78 Å². The summed E-state index contributed by atoms with van der Waals surface area (Å²) in [7, 11) is 1.63. The van der Waals surface area contributed by atoms with E-state index in [0.717, 1.165) is 25.1 Å². The van der Waals surface area contributed by atoms with Crippen LogP contribution in [0.15, 0.2) is 54.7 Å². The number of fused-ring (bicyclic) bond motifs is 1. The van der Waals surface area contributed by atoms with E-state index in [1.165, 1.54) is 22.6 Å². The van der Waals surface area contributed by atoms with Gasteiger partial charge in [0.25, 0.3) is 5.82 Å². The summed E-state index contributed by atoms with van der Waals surface area (Å²) in [6, 6.07) is 15.7. The number of carbonyl (C=O) groups excluding carboxylic acids is 1. The summed E-state index contributed by atoms with van der Waals surface area (Å²) >= 11 is 0. The first-order chi connectivity index (χ1) is 13.1. The van der Waals surface area contributed by atoms with Crippen LogP contribution in [0.3, 0.4) is 0 Å². The molecule has 4 nitrogen and oxygen atoms in total. The largest absolute Gasteiger partial charge is 0.497 e. The van der Waals surface area contributed by atoms with Crippen LogP contribution in [0.2, 0.25) is 0 Å². The van der Waals surface area contributed by atoms with E-state index >= 15 is 0 Å². The van der Waals surface area contributed by atoms with Gasteiger partial charge in [-0.1, -0.05) is 29.8 Å². The highest BCUT2D eigenvalue weighted by molar-refractivity contribution is 5.97. The number of imidazole rings is 1. The number of methoxy groups -OCH3 is 1. The molecule has 4 rings (SSSR count). The second kappa shape index (κ2) is 7.03. The number of Topliss-reactive ketones (excluding diaryl/α,β-unsaturated/α-hetero) is 1. The molecular weight excluding hydrogens is 336 g/mol. The zero-order valence-electron chi connectivity index (χ0n) is 16.1. The molecule has 0 unspecified atom stereocenters. The lowest BCUT2D eigenvalue weighted by Gasteiger charge is -2.09. The lowest BCUT2D eigenvalue weighted by Crippen LogP contribution is -2.44.